The number of rotatable bonds is 6. The SMILES string of the molecule is COc1cc(N)ccc1C(=O)N(CCO)CC(F)F. The van der Waals surface area contributed by atoms with Gasteiger partial charge in [-0.1, -0.05) is 0 Å². The van der Waals surface area contributed by atoms with Crippen molar-refractivity contribution in [3.8, 4) is 5.75 Å². The van der Waals surface area contributed by atoms with Crippen LogP contribution < -0.4 is 10.5 Å². The fourth-order valence-electron chi connectivity index (χ4n) is 1.62. The number of amides is 1. The minimum atomic E-state index is -2.67. The maximum Gasteiger partial charge on any atom is 0.257 e. The zero-order chi connectivity index (χ0) is 14.4. The summed E-state index contributed by atoms with van der Waals surface area (Å²) in [5.74, 6) is -0.423. The van der Waals surface area contributed by atoms with Crippen LogP contribution in [-0.4, -0.2) is 49.1 Å². The van der Waals surface area contributed by atoms with E-state index >= 15 is 0 Å². The molecule has 0 fully saturated rings. The van der Waals surface area contributed by atoms with Gasteiger partial charge in [0.05, 0.1) is 25.8 Å². The summed E-state index contributed by atoms with van der Waals surface area (Å²) in [7, 11) is 1.36. The van der Waals surface area contributed by atoms with Crippen molar-refractivity contribution in [1.29, 1.82) is 0 Å². The van der Waals surface area contributed by atoms with Crippen molar-refractivity contribution < 1.29 is 23.4 Å². The zero-order valence-electron chi connectivity index (χ0n) is 10.5. The predicted octanol–water partition coefficient (Wildman–Crippen LogP) is 0.977. The number of nitrogen functional groups attached to an aromatic ring is 1. The first-order valence-electron chi connectivity index (χ1n) is 5.61. The van der Waals surface area contributed by atoms with Crippen LogP contribution in [0.1, 0.15) is 10.4 Å². The number of aliphatic hydroxyl groups is 1. The Hall–Kier alpha value is -1.89. The van der Waals surface area contributed by atoms with Gasteiger partial charge in [-0.05, 0) is 12.1 Å². The highest BCUT2D eigenvalue weighted by Gasteiger charge is 2.22. The molecule has 106 valence electrons. The van der Waals surface area contributed by atoms with Crippen LogP contribution in [0.15, 0.2) is 18.2 Å². The van der Waals surface area contributed by atoms with Crippen molar-refractivity contribution in [3.05, 3.63) is 23.8 Å². The maximum absolute atomic E-state index is 12.4. The number of alkyl halides is 2. The number of nitrogens with two attached hydrogens (primary N) is 1. The topological polar surface area (TPSA) is 75.8 Å². The maximum atomic E-state index is 12.4. The van der Waals surface area contributed by atoms with Crippen LogP contribution >= 0.6 is 0 Å². The largest absolute Gasteiger partial charge is 0.496 e. The smallest absolute Gasteiger partial charge is 0.257 e. The summed E-state index contributed by atoms with van der Waals surface area (Å²) in [5, 5.41) is 8.83. The molecular weight excluding hydrogens is 258 g/mol. The molecule has 19 heavy (non-hydrogen) atoms. The first kappa shape index (κ1) is 15.2. The van der Waals surface area contributed by atoms with E-state index in [-0.39, 0.29) is 17.9 Å². The molecule has 0 unspecified atom stereocenters. The third kappa shape index (κ3) is 4.06. The molecule has 0 saturated heterocycles. The van der Waals surface area contributed by atoms with Gasteiger partial charge in [-0.2, -0.15) is 0 Å². The second-order valence-electron chi connectivity index (χ2n) is 3.83. The lowest BCUT2D eigenvalue weighted by Gasteiger charge is -2.22. The Labute approximate surface area is 109 Å². The number of halogens is 2. The van der Waals surface area contributed by atoms with Gasteiger partial charge in [-0.3, -0.25) is 4.79 Å². The highest BCUT2D eigenvalue weighted by Crippen LogP contribution is 2.23. The highest BCUT2D eigenvalue weighted by molar-refractivity contribution is 5.97. The molecule has 1 rings (SSSR count). The van der Waals surface area contributed by atoms with Gasteiger partial charge in [0, 0.05) is 18.3 Å². The first-order valence-corrected chi connectivity index (χ1v) is 5.61. The van der Waals surface area contributed by atoms with Crippen LogP contribution in [0.4, 0.5) is 14.5 Å². The Morgan fingerprint density at radius 2 is 2.21 bits per heavy atom. The second-order valence-corrected chi connectivity index (χ2v) is 3.83. The molecule has 1 aromatic carbocycles. The van der Waals surface area contributed by atoms with Gasteiger partial charge in [0.15, 0.2) is 0 Å². The second kappa shape index (κ2) is 6.89. The van der Waals surface area contributed by atoms with Crippen LogP contribution in [0.2, 0.25) is 0 Å². The van der Waals surface area contributed by atoms with E-state index < -0.39 is 25.5 Å². The van der Waals surface area contributed by atoms with Gasteiger partial charge in [0.2, 0.25) is 0 Å². The van der Waals surface area contributed by atoms with E-state index in [0.717, 1.165) is 4.90 Å². The average molecular weight is 274 g/mol. The van der Waals surface area contributed by atoms with Crippen molar-refractivity contribution in [3.63, 3.8) is 0 Å². The first-order chi connectivity index (χ1) is 8.99. The number of benzene rings is 1. The van der Waals surface area contributed by atoms with Gasteiger partial charge in [0.1, 0.15) is 5.75 Å². The van der Waals surface area contributed by atoms with Gasteiger partial charge in [-0.15, -0.1) is 0 Å². The number of anilines is 1. The number of hydrogen-bond acceptors (Lipinski definition) is 4. The van der Waals surface area contributed by atoms with E-state index in [2.05, 4.69) is 0 Å². The number of ether oxygens (including phenoxy) is 1. The lowest BCUT2D eigenvalue weighted by atomic mass is 10.1. The number of aliphatic hydroxyl groups excluding tert-OH is 1. The van der Waals surface area contributed by atoms with Crippen LogP contribution in [0, 0.1) is 0 Å². The molecule has 0 heterocycles. The fraction of sp³-hybridized carbons (Fsp3) is 0.417. The summed E-state index contributed by atoms with van der Waals surface area (Å²) in [6.07, 6.45) is -2.67. The Morgan fingerprint density at radius 3 is 2.74 bits per heavy atom. The summed E-state index contributed by atoms with van der Waals surface area (Å²) in [6, 6.07) is 4.33. The molecule has 1 aromatic rings. The van der Waals surface area contributed by atoms with Crippen molar-refractivity contribution in [1.82, 2.24) is 4.90 Å². The zero-order valence-corrected chi connectivity index (χ0v) is 10.5. The molecule has 0 atom stereocenters. The molecule has 3 N–H and O–H groups in total. The fourth-order valence-corrected chi connectivity index (χ4v) is 1.62. The van der Waals surface area contributed by atoms with Gasteiger partial charge >= 0.3 is 0 Å². The number of carbonyl (C=O) groups excluding carboxylic acids is 1. The summed E-state index contributed by atoms with van der Waals surface area (Å²) < 4.78 is 29.8. The predicted molar refractivity (Wildman–Crippen MR) is 66.4 cm³/mol. The standard InChI is InChI=1S/C12H16F2N2O3/c1-19-10-6-8(15)2-3-9(10)12(18)16(4-5-17)7-11(13)14/h2-3,6,11,17H,4-5,7,15H2,1H3. The van der Waals surface area contributed by atoms with E-state index in [0.29, 0.717) is 5.69 Å². The molecule has 0 radical (unpaired) electrons. The van der Waals surface area contributed by atoms with E-state index in [4.69, 9.17) is 15.6 Å². The van der Waals surface area contributed by atoms with Gasteiger partial charge < -0.3 is 20.5 Å². The van der Waals surface area contributed by atoms with Crippen LogP contribution in [-0.2, 0) is 0 Å². The third-order valence-corrected chi connectivity index (χ3v) is 2.47. The van der Waals surface area contributed by atoms with Crippen LogP contribution in [0.3, 0.4) is 0 Å². The Balaban J connectivity index is 3.01. The number of nitrogens with zero attached hydrogens (tertiary/aromatic N) is 1. The molecule has 0 aliphatic rings. The highest BCUT2D eigenvalue weighted by atomic mass is 19.3. The monoisotopic (exact) mass is 274 g/mol. The average Bonchev–Trinajstić information content (AvgIpc) is 2.36. The number of hydrogen-bond donors (Lipinski definition) is 2. The minimum Gasteiger partial charge on any atom is -0.496 e. The molecule has 1 amide bonds. The van der Waals surface area contributed by atoms with Crippen LogP contribution in [0.25, 0.3) is 0 Å². The van der Waals surface area contributed by atoms with Crippen molar-refractivity contribution >= 4 is 11.6 Å². The van der Waals surface area contributed by atoms with Crippen LogP contribution in [0.5, 0.6) is 5.75 Å². The summed E-state index contributed by atoms with van der Waals surface area (Å²) in [4.78, 5) is 13.0. The lowest BCUT2D eigenvalue weighted by molar-refractivity contribution is 0.0506. The molecular formula is C12H16F2N2O3. The molecule has 0 aliphatic carbocycles. The van der Waals surface area contributed by atoms with E-state index in [1.807, 2.05) is 0 Å². The Bertz CT molecular complexity index is 441. The van der Waals surface area contributed by atoms with E-state index in [9.17, 15) is 13.6 Å². The quantitative estimate of drug-likeness (QED) is 0.758. The van der Waals surface area contributed by atoms with E-state index in [1.165, 1.54) is 25.3 Å². The summed E-state index contributed by atoms with van der Waals surface area (Å²) in [5.41, 5.74) is 6.08. The lowest BCUT2D eigenvalue weighted by Crippen LogP contribution is -2.37. The Kier molecular flexibility index (Phi) is 5.50. The van der Waals surface area contributed by atoms with Crippen molar-refractivity contribution in [2.75, 3.05) is 32.5 Å². The molecule has 0 saturated carbocycles. The molecule has 5 nitrogen and oxygen atoms in total. The third-order valence-electron chi connectivity index (χ3n) is 2.47. The van der Waals surface area contributed by atoms with Gasteiger partial charge in [0.25, 0.3) is 12.3 Å². The molecule has 0 bridgehead atoms. The number of carbonyl (C=O) groups is 1. The van der Waals surface area contributed by atoms with Crippen molar-refractivity contribution in [2.24, 2.45) is 0 Å². The normalized spacial score (nSPS) is 10.6. The van der Waals surface area contributed by atoms with Gasteiger partial charge in [-0.25, -0.2) is 8.78 Å². The molecule has 0 spiro atoms. The summed E-state index contributed by atoms with van der Waals surface area (Å²) in [6.45, 7) is -1.31. The molecule has 0 aliphatic heterocycles. The number of methoxy groups -OCH3 is 1. The Morgan fingerprint density at radius 1 is 1.53 bits per heavy atom. The van der Waals surface area contributed by atoms with Crippen molar-refractivity contribution in [2.45, 2.75) is 6.43 Å². The van der Waals surface area contributed by atoms with E-state index in [1.54, 1.807) is 0 Å². The minimum absolute atomic E-state index is 0.130. The molecule has 7 heteroatoms. The molecule has 0 aromatic heterocycles. The summed E-state index contributed by atoms with van der Waals surface area (Å²) >= 11 is 0.